The zero-order valence-electron chi connectivity index (χ0n) is 8.63. The van der Waals surface area contributed by atoms with Gasteiger partial charge in [-0.25, -0.2) is 4.98 Å². The number of aliphatic hydroxyl groups excluding tert-OH is 1. The van der Waals surface area contributed by atoms with E-state index in [1.165, 1.54) is 11.3 Å². The Balaban J connectivity index is 2.13. The summed E-state index contributed by atoms with van der Waals surface area (Å²) in [6.07, 6.45) is 0.891. The third-order valence-electron chi connectivity index (χ3n) is 2.60. The first-order chi connectivity index (χ1) is 8.27. The first kappa shape index (κ1) is 11.0. The van der Waals surface area contributed by atoms with E-state index >= 15 is 0 Å². The summed E-state index contributed by atoms with van der Waals surface area (Å²) in [6, 6.07) is 7.65. The Morgan fingerprint density at radius 1 is 1.35 bits per heavy atom. The number of fused-ring (bicyclic) bond motifs is 1. The lowest BCUT2D eigenvalue weighted by molar-refractivity contribution is 0.223. The van der Waals surface area contributed by atoms with E-state index in [4.69, 9.17) is 4.42 Å². The second-order valence-corrected chi connectivity index (χ2v) is 5.23. The fourth-order valence-corrected chi connectivity index (χ4v) is 3.18. The normalized spacial score (nSPS) is 13.1. The van der Waals surface area contributed by atoms with E-state index in [1.807, 2.05) is 24.3 Å². The maximum Gasteiger partial charge on any atom is 0.134 e. The lowest BCUT2D eigenvalue weighted by Crippen LogP contribution is -1.96. The van der Waals surface area contributed by atoms with Gasteiger partial charge in [0, 0.05) is 10.9 Å². The van der Waals surface area contributed by atoms with Crippen LogP contribution in [0.2, 0.25) is 0 Å². The number of thiazole rings is 1. The summed E-state index contributed by atoms with van der Waals surface area (Å²) >= 11 is 4.74. The van der Waals surface area contributed by atoms with E-state index in [2.05, 4.69) is 20.9 Å². The van der Waals surface area contributed by atoms with Crippen molar-refractivity contribution in [3.05, 3.63) is 51.1 Å². The molecule has 1 atom stereocenters. The van der Waals surface area contributed by atoms with Crippen LogP contribution in [0.15, 0.2) is 45.1 Å². The van der Waals surface area contributed by atoms with Gasteiger partial charge in [-0.15, -0.1) is 11.3 Å². The molecule has 3 rings (SSSR count). The number of benzene rings is 1. The number of furan rings is 1. The summed E-state index contributed by atoms with van der Waals surface area (Å²) in [5.41, 5.74) is 3.25. The minimum Gasteiger partial charge on any atom is -0.464 e. The number of hydrogen-bond donors (Lipinski definition) is 1. The molecular formula is C12H8BrNO2S. The van der Waals surface area contributed by atoms with Crippen LogP contribution in [0.1, 0.15) is 16.5 Å². The Morgan fingerprint density at radius 2 is 2.18 bits per heavy atom. The highest BCUT2D eigenvalue weighted by Gasteiger charge is 2.20. The lowest BCUT2D eigenvalue weighted by Gasteiger charge is -2.06. The number of rotatable bonds is 2. The van der Waals surface area contributed by atoms with Crippen molar-refractivity contribution in [1.29, 1.82) is 0 Å². The average Bonchev–Trinajstić information content (AvgIpc) is 2.94. The van der Waals surface area contributed by atoms with Crippen molar-refractivity contribution >= 4 is 38.2 Å². The van der Waals surface area contributed by atoms with Crippen LogP contribution in [0.25, 0.3) is 11.0 Å². The van der Waals surface area contributed by atoms with E-state index < -0.39 is 6.10 Å². The molecule has 17 heavy (non-hydrogen) atoms. The molecular weight excluding hydrogens is 302 g/mol. The molecule has 3 aromatic rings. The largest absolute Gasteiger partial charge is 0.464 e. The molecule has 1 unspecified atom stereocenters. The summed E-state index contributed by atoms with van der Waals surface area (Å²) < 4.78 is 6.10. The van der Waals surface area contributed by atoms with Crippen LogP contribution in [-0.4, -0.2) is 10.1 Å². The number of aliphatic hydroxyl groups is 1. The zero-order chi connectivity index (χ0) is 11.8. The lowest BCUT2D eigenvalue weighted by atomic mass is 10.1. The highest BCUT2D eigenvalue weighted by molar-refractivity contribution is 9.10. The van der Waals surface area contributed by atoms with Gasteiger partial charge in [-0.2, -0.15) is 0 Å². The summed E-state index contributed by atoms with van der Waals surface area (Å²) in [5, 5.41) is 11.3. The van der Waals surface area contributed by atoms with Crippen LogP contribution in [0.5, 0.6) is 0 Å². The molecule has 0 aliphatic rings. The SMILES string of the molecule is OC(c1scnc1Br)c1coc2ccccc12. The van der Waals surface area contributed by atoms with Crippen molar-refractivity contribution in [2.24, 2.45) is 0 Å². The number of halogens is 1. The van der Waals surface area contributed by atoms with E-state index in [1.54, 1.807) is 11.8 Å². The predicted molar refractivity (Wildman–Crippen MR) is 70.1 cm³/mol. The molecule has 1 aromatic carbocycles. The number of nitrogens with zero attached hydrogens (tertiary/aromatic N) is 1. The molecule has 0 radical (unpaired) electrons. The molecule has 0 spiro atoms. The van der Waals surface area contributed by atoms with Crippen molar-refractivity contribution in [3.8, 4) is 0 Å². The quantitative estimate of drug-likeness (QED) is 0.784. The molecule has 86 valence electrons. The second-order valence-electron chi connectivity index (χ2n) is 3.60. The van der Waals surface area contributed by atoms with Crippen molar-refractivity contribution in [1.82, 2.24) is 4.98 Å². The molecule has 1 N–H and O–H groups in total. The molecule has 0 amide bonds. The van der Waals surface area contributed by atoms with E-state index in [9.17, 15) is 5.11 Å². The molecule has 0 saturated carbocycles. The number of hydrogen-bond acceptors (Lipinski definition) is 4. The fraction of sp³-hybridized carbons (Fsp3) is 0.0833. The topological polar surface area (TPSA) is 46.3 Å². The van der Waals surface area contributed by atoms with Gasteiger partial charge in [0.1, 0.15) is 16.3 Å². The minimum atomic E-state index is -0.708. The molecule has 0 aliphatic heterocycles. The molecule has 3 nitrogen and oxygen atoms in total. The summed E-state index contributed by atoms with van der Waals surface area (Å²) in [7, 11) is 0. The van der Waals surface area contributed by atoms with Gasteiger partial charge >= 0.3 is 0 Å². The molecule has 0 saturated heterocycles. The molecule has 5 heteroatoms. The van der Waals surface area contributed by atoms with Gasteiger partial charge in [-0.3, -0.25) is 0 Å². The monoisotopic (exact) mass is 309 g/mol. The van der Waals surface area contributed by atoms with Gasteiger partial charge < -0.3 is 9.52 Å². The average molecular weight is 310 g/mol. The van der Waals surface area contributed by atoms with E-state index in [0.717, 1.165) is 21.4 Å². The van der Waals surface area contributed by atoms with Gasteiger partial charge in [0.2, 0.25) is 0 Å². The van der Waals surface area contributed by atoms with Crippen LogP contribution < -0.4 is 0 Å². The van der Waals surface area contributed by atoms with Crippen LogP contribution in [0, 0.1) is 0 Å². The first-order valence-corrected chi connectivity index (χ1v) is 6.67. The number of para-hydroxylation sites is 1. The standard InChI is InChI=1S/C12H8BrNO2S/c13-12-11(17-6-14-12)10(15)8-5-16-9-4-2-1-3-7(8)9/h1-6,10,15H. The molecule has 0 fully saturated rings. The Bertz CT molecular complexity index is 661. The van der Waals surface area contributed by atoms with Crippen molar-refractivity contribution in [3.63, 3.8) is 0 Å². The third kappa shape index (κ3) is 1.80. The fourth-order valence-electron chi connectivity index (χ4n) is 1.77. The van der Waals surface area contributed by atoms with Crippen LogP contribution in [0.4, 0.5) is 0 Å². The zero-order valence-corrected chi connectivity index (χ0v) is 11.0. The van der Waals surface area contributed by atoms with Crippen LogP contribution >= 0.6 is 27.3 Å². The summed E-state index contributed by atoms with van der Waals surface area (Å²) in [5.74, 6) is 0. The van der Waals surface area contributed by atoms with Crippen molar-refractivity contribution in [2.45, 2.75) is 6.10 Å². The van der Waals surface area contributed by atoms with Gasteiger partial charge in [0.05, 0.1) is 16.7 Å². The van der Waals surface area contributed by atoms with Crippen molar-refractivity contribution in [2.75, 3.05) is 0 Å². The van der Waals surface area contributed by atoms with E-state index in [-0.39, 0.29) is 0 Å². The first-order valence-electron chi connectivity index (χ1n) is 5.00. The van der Waals surface area contributed by atoms with Gasteiger partial charge in [-0.05, 0) is 22.0 Å². The molecule has 0 bridgehead atoms. The number of aromatic nitrogens is 1. The Kier molecular flexibility index (Phi) is 2.74. The van der Waals surface area contributed by atoms with E-state index in [0.29, 0.717) is 4.60 Å². The highest BCUT2D eigenvalue weighted by atomic mass is 79.9. The van der Waals surface area contributed by atoms with Gasteiger partial charge in [0.25, 0.3) is 0 Å². The second kappa shape index (κ2) is 4.25. The minimum absolute atomic E-state index is 0.681. The van der Waals surface area contributed by atoms with Crippen molar-refractivity contribution < 1.29 is 9.52 Å². The molecule has 2 heterocycles. The summed E-state index contributed by atoms with van der Waals surface area (Å²) in [6.45, 7) is 0. The van der Waals surface area contributed by atoms with Crippen LogP contribution in [-0.2, 0) is 0 Å². The third-order valence-corrected chi connectivity index (χ3v) is 4.38. The van der Waals surface area contributed by atoms with Crippen LogP contribution in [0.3, 0.4) is 0 Å². The Hall–Kier alpha value is -1.17. The molecule has 0 aliphatic carbocycles. The smallest absolute Gasteiger partial charge is 0.134 e. The highest BCUT2D eigenvalue weighted by Crippen LogP contribution is 2.35. The maximum absolute atomic E-state index is 10.3. The summed E-state index contributed by atoms with van der Waals surface area (Å²) in [4.78, 5) is 4.86. The maximum atomic E-state index is 10.3. The van der Waals surface area contributed by atoms with Gasteiger partial charge in [-0.1, -0.05) is 18.2 Å². The Morgan fingerprint density at radius 3 is 2.94 bits per heavy atom. The van der Waals surface area contributed by atoms with Gasteiger partial charge in [0.15, 0.2) is 0 Å². The Labute approximate surface area is 110 Å². The predicted octanol–water partition coefficient (Wildman–Crippen LogP) is 3.73. The molecule has 2 aromatic heterocycles.